The first kappa shape index (κ1) is 12.4. The summed E-state index contributed by atoms with van der Waals surface area (Å²) in [6.45, 7) is 5.34. The Kier molecular flexibility index (Phi) is 3.40. The summed E-state index contributed by atoms with van der Waals surface area (Å²) in [5, 5.41) is 19.7. The van der Waals surface area contributed by atoms with Gasteiger partial charge in [-0.15, -0.1) is 0 Å². The Morgan fingerprint density at radius 1 is 1.35 bits per heavy atom. The second-order valence-corrected chi connectivity index (χ2v) is 5.41. The molecule has 1 aliphatic heterocycles. The number of anilines is 1. The molecule has 0 saturated carbocycles. The molecule has 0 fully saturated rings. The zero-order valence-electron chi connectivity index (χ0n) is 10.6. The molecule has 0 radical (unpaired) electrons. The van der Waals surface area contributed by atoms with Gasteiger partial charge in [-0.25, -0.2) is 0 Å². The average molecular weight is 235 g/mol. The number of hydrogen-bond donors (Lipinski definition) is 2. The lowest BCUT2D eigenvalue weighted by Gasteiger charge is -2.35. The fraction of sp³-hybridized carbons (Fsp3) is 0.571. The number of rotatable bonds is 3. The first-order valence-electron chi connectivity index (χ1n) is 6.22. The van der Waals surface area contributed by atoms with Gasteiger partial charge in [-0.05, 0) is 32.8 Å². The van der Waals surface area contributed by atoms with Crippen molar-refractivity contribution in [1.82, 2.24) is 0 Å². The summed E-state index contributed by atoms with van der Waals surface area (Å²) in [4.78, 5) is 2.25. The van der Waals surface area contributed by atoms with E-state index in [9.17, 15) is 10.2 Å². The maximum Gasteiger partial charge on any atom is 0.0826 e. The fourth-order valence-electron chi connectivity index (χ4n) is 2.25. The second kappa shape index (κ2) is 4.67. The van der Waals surface area contributed by atoms with Gasteiger partial charge in [-0.2, -0.15) is 0 Å². The van der Waals surface area contributed by atoms with E-state index in [1.54, 1.807) is 0 Å². The largest absolute Gasteiger partial charge is 0.390 e. The van der Waals surface area contributed by atoms with Crippen molar-refractivity contribution in [1.29, 1.82) is 0 Å². The van der Waals surface area contributed by atoms with Crippen molar-refractivity contribution in [3.05, 3.63) is 29.8 Å². The highest BCUT2D eigenvalue weighted by Gasteiger charge is 2.24. The normalized spacial score (nSPS) is 20.2. The topological polar surface area (TPSA) is 43.7 Å². The zero-order valence-corrected chi connectivity index (χ0v) is 10.6. The zero-order chi connectivity index (χ0) is 12.5. The highest BCUT2D eigenvalue weighted by molar-refractivity contribution is 5.56. The smallest absolute Gasteiger partial charge is 0.0826 e. The Hall–Kier alpha value is -1.06. The van der Waals surface area contributed by atoms with Crippen LogP contribution >= 0.6 is 0 Å². The van der Waals surface area contributed by atoms with Crippen molar-refractivity contribution in [2.45, 2.75) is 38.4 Å². The number of fused-ring (bicyclic) bond motifs is 1. The minimum Gasteiger partial charge on any atom is -0.390 e. The van der Waals surface area contributed by atoms with E-state index in [1.165, 1.54) is 0 Å². The molecule has 1 aromatic rings. The van der Waals surface area contributed by atoms with E-state index in [1.807, 2.05) is 38.1 Å². The lowest BCUT2D eigenvalue weighted by atomic mass is 9.97. The van der Waals surface area contributed by atoms with Gasteiger partial charge in [0.15, 0.2) is 0 Å². The molecule has 1 aromatic carbocycles. The Morgan fingerprint density at radius 2 is 2.06 bits per heavy atom. The first-order chi connectivity index (χ1) is 7.97. The van der Waals surface area contributed by atoms with E-state index in [4.69, 9.17) is 0 Å². The lowest BCUT2D eigenvalue weighted by Crippen LogP contribution is -2.35. The SMILES string of the molecule is CC(C)(O)CCN1CCC(O)c2ccccc21. The van der Waals surface area contributed by atoms with Crippen LogP contribution in [0.5, 0.6) is 0 Å². The van der Waals surface area contributed by atoms with E-state index in [-0.39, 0.29) is 6.10 Å². The van der Waals surface area contributed by atoms with Gasteiger partial charge in [-0.3, -0.25) is 0 Å². The van der Waals surface area contributed by atoms with Gasteiger partial charge in [0, 0.05) is 24.3 Å². The molecule has 1 aliphatic rings. The van der Waals surface area contributed by atoms with Gasteiger partial charge < -0.3 is 15.1 Å². The van der Waals surface area contributed by atoms with Crippen LogP contribution < -0.4 is 4.90 Å². The molecule has 0 aliphatic carbocycles. The minimum absolute atomic E-state index is 0.343. The van der Waals surface area contributed by atoms with E-state index < -0.39 is 5.60 Å². The van der Waals surface area contributed by atoms with Crippen molar-refractivity contribution in [3.63, 3.8) is 0 Å². The van der Waals surface area contributed by atoms with Crippen LogP contribution in [0.3, 0.4) is 0 Å². The Bertz CT molecular complexity index is 384. The molecule has 17 heavy (non-hydrogen) atoms. The van der Waals surface area contributed by atoms with Crippen molar-refractivity contribution < 1.29 is 10.2 Å². The highest BCUT2D eigenvalue weighted by atomic mass is 16.3. The maximum absolute atomic E-state index is 9.93. The average Bonchev–Trinajstić information content (AvgIpc) is 2.27. The number of benzene rings is 1. The Labute approximate surface area is 103 Å². The van der Waals surface area contributed by atoms with Crippen LogP contribution in [0.1, 0.15) is 38.4 Å². The van der Waals surface area contributed by atoms with Crippen LogP contribution in [0.2, 0.25) is 0 Å². The lowest BCUT2D eigenvalue weighted by molar-refractivity contribution is 0.0725. The summed E-state index contributed by atoms with van der Waals surface area (Å²) in [6.07, 6.45) is 1.16. The molecule has 3 heteroatoms. The van der Waals surface area contributed by atoms with Gasteiger partial charge in [0.2, 0.25) is 0 Å². The van der Waals surface area contributed by atoms with Gasteiger partial charge >= 0.3 is 0 Å². The summed E-state index contributed by atoms with van der Waals surface area (Å²) in [5.74, 6) is 0. The predicted molar refractivity (Wildman–Crippen MR) is 69.1 cm³/mol. The van der Waals surface area contributed by atoms with Crippen molar-refractivity contribution in [2.24, 2.45) is 0 Å². The van der Waals surface area contributed by atoms with E-state index in [0.717, 1.165) is 37.2 Å². The Balaban J connectivity index is 2.13. The highest BCUT2D eigenvalue weighted by Crippen LogP contribution is 2.33. The van der Waals surface area contributed by atoms with Gasteiger partial charge in [0.05, 0.1) is 11.7 Å². The maximum atomic E-state index is 9.93. The number of aliphatic hydroxyl groups excluding tert-OH is 1. The van der Waals surface area contributed by atoms with Crippen LogP contribution in [0, 0.1) is 0 Å². The molecule has 0 amide bonds. The van der Waals surface area contributed by atoms with Crippen LogP contribution in [-0.4, -0.2) is 28.9 Å². The van der Waals surface area contributed by atoms with E-state index in [2.05, 4.69) is 4.90 Å². The molecule has 0 spiro atoms. The predicted octanol–water partition coefficient (Wildman–Crippen LogP) is 2.09. The summed E-state index contributed by atoms with van der Waals surface area (Å²) >= 11 is 0. The molecular weight excluding hydrogens is 214 g/mol. The van der Waals surface area contributed by atoms with Crippen LogP contribution in [0.4, 0.5) is 5.69 Å². The number of hydrogen-bond acceptors (Lipinski definition) is 3. The summed E-state index contributed by atoms with van der Waals surface area (Å²) < 4.78 is 0. The molecule has 1 heterocycles. The molecule has 2 N–H and O–H groups in total. The third-order valence-corrected chi connectivity index (χ3v) is 3.30. The third-order valence-electron chi connectivity index (χ3n) is 3.30. The number of nitrogens with zero attached hydrogens (tertiary/aromatic N) is 1. The van der Waals surface area contributed by atoms with Crippen molar-refractivity contribution in [2.75, 3.05) is 18.0 Å². The molecule has 1 unspecified atom stereocenters. The Morgan fingerprint density at radius 3 is 2.76 bits per heavy atom. The van der Waals surface area contributed by atoms with Gasteiger partial charge in [-0.1, -0.05) is 18.2 Å². The fourth-order valence-corrected chi connectivity index (χ4v) is 2.25. The third kappa shape index (κ3) is 2.99. The van der Waals surface area contributed by atoms with E-state index >= 15 is 0 Å². The van der Waals surface area contributed by atoms with Crippen LogP contribution in [0.15, 0.2) is 24.3 Å². The molecule has 0 bridgehead atoms. The van der Waals surface area contributed by atoms with Crippen LogP contribution in [0.25, 0.3) is 0 Å². The molecule has 3 nitrogen and oxygen atoms in total. The van der Waals surface area contributed by atoms with Gasteiger partial charge in [0.1, 0.15) is 0 Å². The number of aliphatic hydroxyl groups is 2. The molecule has 2 rings (SSSR count). The molecule has 1 atom stereocenters. The van der Waals surface area contributed by atoms with Crippen molar-refractivity contribution in [3.8, 4) is 0 Å². The molecular formula is C14H21NO2. The summed E-state index contributed by atoms with van der Waals surface area (Å²) in [5.41, 5.74) is 1.48. The summed E-state index contributed by atoms with van der Waals surface area (Å²) in [7, 11) is 0. The van der Waals surface area contributed by atoms with Crippen LogP contribution in [-0.2, 0) is 0 Å². The standard InChI is InChI=1S/C14H21NO2/c1-14(2,17)8-10-15-9-7-13(16)11-5-3-4-6-12(11)15/h3-6,13,16-17H,7-10H2,1-2H3. The second-order valence-electron chi connectivity index (χ2n) is 5.41. The summed E-state index contributed by atoms with van der Waals surface area (Å²) in [6, 6.07) is 7.98. The first-order valence-corrected chi connectivity index (χ1v) is 6.22. The number of para-hydroxylation sites is 1. The quantitative estimate of drug-likeness (QED) is 0.843. The van der Waals surface area contributed by atoms with Crippen molar-refractivity contribution >= 4 is 5.69 Å². The molecule has 0 aromatic heterocycles. The van der Waals surface area contributed by atoms with Gasteiger partial charge in [0.25, 0.3) is 0 Å². The minimum atomic E-state index is -0.634. The monoisotopic (exact) mass is 235 g/mol. The molecule has 0 saturated heterocycles. The van der Waals surface area contributed by atoms with E-state index in [0.29, 0.717) is 0 Å². The molecule has 94 valence electrons.